The lowest BCUT2D eigenvalue weighted by Gasteiger charge is -2.33. The first-order valence-electron chi connectivity index (χ1n) is 9.20. The van der Waals surface area contributed by atoms with Crippen molar-refractivity contribution in [3.8, 4) is 5.75 Å². The summed E-state index contributed by atoms with van der Waals surface area (Å²) in [5.41, 5.74) is 2.23. The molecule has 1 aliphatic heterocycles. The first kappa shape index (κ1) is 17.3. The van der Waals surface area contributed by atoms with Gasteiger partial charge in [0.25, 0.3) is 5.91 Å². The molecule has 2 aromatic carbocycles. The zero-order valence-electron chi connectivity index (χ0n) is 15.6. The van der Waals surface area contributed by atoms with Gasteiger partial charge in [-0.25, -0.2) is 9.97 Å². The van der Waals surface area contributed by atoms with Gasteiger partial charge >= 0.3 is 0 Å². The van der Waals surface area contributed by atoms with Crippen molar-refractivity contribution in [3.05, 3.63) is 54.1 Å². The molecule has 1 aliphatic rings. The molecule has 0 spiro atoms. The lowest BCUT2D eigenvalue weighted by molar-refractivity contribution is 0.0986. The van der Waals surface area contributed by atoms with Gasteiger partial charge in [-0.2, -0.15) is 0 Å². The Morgan fingerprint density at radius 3 is 2.33 bits per heavy atom. The van der Waals surface area contributed by atoms with E-state index in [9.17, 15) is 4.79 Å². The molecular weight excluding hydrogens is 340 g/mol. The number of carbonyl (C=O) groups excluding carboxylic acids is 1. The van der Waals surface area contributed by atoms with E-state index in [1.165, 1.54) is 0 Å². The third-order valence-corrected chi connectivity index (χ3v) is 4.63. The smallest absolute Gasteiger partial charge is 0.259 e. The molecule has 3 aromatic rings. The number of fused-ring (bicyclic) bond motifs is 2. The molecule has 1 amide bonds. The van der Waals surface area contributed by atoms with Gasteiger partial charge in [0.15, 0.2) is 11.6 Å². The van der Waals surface area contributed by atoms with Crippen molar-refractivity contribution in [1.29, 1.82) is 0 Å². The minimum atomic E-state index is -0.0732. The number of hydrogen-bond acceptors (Lipinski definition) is 5. The minimum absolute atomic E-state index is 0.0732. The Bertz CT molecular complexity index is 972. The Balaban J connectivity index is 1.67. The van der Waals surface area contributed by atoms with Gasteiger partial charge in [0.05, 0.1) is 17.6 Å². The number of benzene rings is 2. The van der Waals surface area contributed by atoms with Gasteiger partial charge in [-0.3, -0.25) is 9.69 Å². The first-order valence-corrected chi connectivity index (χ1v) is 9.20. The van der Waals surface area contributed by atoms with Crippen LogP contribution in [0.25, 0.3) is 11.0 Å². The summed E-state index contributed by atoms with van der Waals surface area (Å²) in [5.74, 6) is 2.05. The van der Waals surface area contributed by atoms with Crippen LogP contribution in [-0.2, 0) is 0 Å². The van der Waals surface area contributed by atoms with E-state index < -0.39 is 0 Å². The van der Waals surface area contributed by atoms with Crippen LogP contribution in [0, 0.1) is 0 Å². The molecule has 6 nitrogen and oxygen atoms in total. The average molecular weight is 362 g/mol. The molecule has 0 saturated carbocycles. The number of ether oxygens (including phenoxy) is 1. The zero-order valence-corrected chi connectivity index (χ0v) is 15.6. The topological polar surface area (TPSA) is 58.6 Å². The third kappa shape index (κ3) is 3.30. The van der Waals surface area contributed by atoms with Gasteiger partial charge in [-0.15, -0.1) is 0 Å². The van der Waals surface area contributed by atoms with Crippen molar-refractivity contribution in [3.63, 3.8) is 0 Å². The van der Waals surface area contributed by atoms with Crippen molar-refractivity contribution in [2.75, 3.05) is 36.5 Å². The average Bonchev–Trinajstić information content (AvgIpc) is 2.71. The fourth-order valence-corrected chi connectivity index (χ4v) is 3.15. The molecule has 0 N–H and O–H groups in total. The van der Waals surface area contributed by atoms with Crippen molar-refractivity contribution < 1.29 is 9.53 Å². The highest BCUT2D eigenvalue weighted by Crippen LogP contribution is 2.31. The van der Waals surface area contributed by atoms with Crippen LogP contribution in [0.4, 0.5) is 11.6 Å². The quantitative estimate of drug-likeness (QED) is 0.711. The number of aromatic nitrogens is 2. The van der Waals surface area contributed by atoms with Crippen molar-refractivity contribution in [1.82, 2.24) is 9.97 Å². The van der Waals surface area contributed by atoms with E-state index in [1.54, 1.807) is 17.0 Å². The van der Waals surface area contributed by atoms with Crippen LogP contribution in [0.15, 0.2) is 48.5 Å². The molecule has 6 heteroatoms. The second-order valence-electron chi connectivity index (χ2n) is 6.61. The van der Waals surface area contributed by atoms with Crippen LogP contribution < -0.4 is 14.5 Å². The number of anilines is 2. The maximum absolute atomic E-state index is 13.1. The van der Waals surface area contributed by atoms with Crippen molar-refractivity contribution >= 4 is 28.6 Å². The molecule has 2 heterocycles. The van der Waals surface area contributed by atoms with E-state index in [1.807, 2.05) is 48.3 Å². The molecule has 4 rings (SSSR count). The van der Waals surface area contributed by atoms with Crippen molar-refractivity contribution in [2.45, 2.75) is 13.3 Å². The summed E-state index contributed by atoms with van der Waals surface area (Å²) in [4.78, 5) is 26.3. The first-order chi connectivity index (χ1) is 13.2. The predicted molar refractivity (Wildman–Crippen MR) is 107 cm³/mol. The Kier molecular flexibility index (Phi) is 4.62. The van der Waals surface area contributed by atoms with E-state index in [4.69, 9.17) is 14.7 Å². The molecule has 27 heavy (non-hydrogen) atoms. The lowest BCUT2D eigenvalue weighted by Crippen LogP contribution is -2.43. The summed E-state index contributed by atoms with van der Waals surface area (Å²) < 4.78 is 5.60. The Morgan fingerprint density at radius 1 is 1.00 bits per heavy atom. The van der Waals surface area contributed by atoms with Crippen LogP contribution in [0.3, 0.4) is 0 Å². The molecule has 0 saturated heterocycles. The number of nitrogens with zero attached hydrogens (tertiary/aromatic N) is 4. The van der Waals surface area contributed by atoms with Gasteiger partial charge in [-0.1, -0.05) is 19.1 Å². The van der Waals surface area contributed by atoms with E-state index in [-0.39, 0.29) is 5.91 Å². The second kappa shape index (κ2) is 7.23. The standard InChI is InChI=1S/C21H22N4O2/c1-3-14-27-16-10-8-15(9-11-16)21(26)25-13-12-24(2)19-20(25)23-18-7-5-4-6-17(18)22-19/h4-11H,3,12-14H2,1-2H3. The molecule has 0 fully saturated rings. The van der Waals surface area contributed by atoms with E-state index >= 15 is 0 Å². The SMILES string of the molecule is CCCOc1ccc(C(=O)N2CCN(C)c3nc4ccccc4nc32)cc1. The molecular formula is C21H22N4O2. The molecule has 0 bridgehead atoms. The second-order valence-corrected chi connectivity index (χ2v) is 6.61. The highest BCUT2D eigenvalue weighted by molar-refractivity contribution is 6.08. The summed E-state index contributed by atoms with van der Waals surface area (Å²) in [7, 11) is 1.98. The molecule has 0 radical (unpaired) electrons. The third-order valence-electron chi connectivity index (χ3n) is 4.63. The summed E-state index contributed by atoms with van der Waals surface area (Å²) >= 11 is 0. The maximum atomic E-state index is 13.1. The fourth-order valence-electron chi connectivity index (χ4n) is 3.15. The van der Waals surface area contributed by atoms with Crippen LogP contribution in [-0.4, -0.2) is 42.6 Å². The summed E-state index contributed by atoms with van der Waals surface area (Å²) in [5, 5.41) is 0. The van der Waals surface area contributed by atoms with Gasteiger partial charge < -0.3 is 9.64 Å². The van der Waals surface area contributed by atoms with Gasteiger partial charge in [-0.05, 0) is 42.8 Å². The number of hydrogen-bond donors (Lipinski definition) is 0. The number of amides is 1. The Hall–Kier alpha value is -3.15. The van der Waals surface area contributed by atoms with Gasteiger partial charge in [0.1, 0.15) is 5.75 Å². The number of likely N-dealkylation sites (N-methyl/N-ethyl adjacent to an activating group) is 1. The molecule has 0 atom stereocenters. The summed E-state index contributed by atoms with van der Waals surface area (Å²) in [6.07, 6.45) is 0.950. The molecule has 0 unspecified atom stereocenters. The Labute approximate surface area is 158 Å². The van der Waals surface area contributed by atoms with Crippen LogP contribution in [0.1, 0.15) is 23.7 Å². The molecule has 0 aliphatic carbocycles. The van der Waals surface area contributed by atoms with Gasteiger partial charge in [0.2, 0.25) is 0 Å². The number of para-hydroxylation sites is 2. The number of rotatable bonds is 4. The Morgan fingerprint density at radius 2 is 1.67 bits per heavy atom. The predicted octanol–water partition coefficient (Wildman–Crippen LogP) is 3.52. The monoisotopic (exact) mass is 362 g/mol. The van der Waals surface area contributed by atoms with Gasteiger partial charge in [0, 0.05) is 25.7 Å². The highest BCUT2D eigenvalue weighted by Gasteiger charge is 2.29. The number of carbonyl (C=O) groups is 1. The molecule has 138 valence electrons. The minimum Gasteiger partial charge on any atom is -0.494 e. The zero-order chi connectivity index (χ0) is 18.8. The highest BCUT2D eigenvalue weighted by atomic mass is 16.5. The van der Waals surface area contributed by atoms with Crippen LogP contribution >= 0.6 is 0 Å². The maximum Gasteiger partial charge on any atom is 0.259 e. The fraction of sp³-hybridized carbons (Fsp3) is 0.286. The van der Waals surface area contributed by atoms with Crippen LogP contribution in [0.5, 0.6) is 5.75 Å². The summed E-state index contributed by atoms with van der Waals surface area (Å²) in [6.45, 7) is 4.02. The molecule has 1 aromatic heterocycles. The normalized spacial score (nSPS) is 13.6. The van der Waals surface area contributed by atoms with E-state index in [0.717, 1.165) is 29.0 Å². The van der Waals surface area contributed by atoms with E-state index in [0.29, 0.717) is 31.1 Å². The lowest BCUT2D eigenvalue weighted by atomic mass is 10.1. The largest absolute Gasteiger partial charge is 0.494 e. The van der Waals surface area contributed by atoms with E-state index in [2.05, 4.69) is 6.92 Å². The summed E-state index contributed by atoms with van der Waals surface area (Å²) in [6, 6.07) is 15.0. The van der Waals surface area contributed by atoms with Crippen molar-refractivity contribution in [2.24, 2.45) is 0 Å². The van der Waals surface area contributed by atoms with Crippen LogP contribution in [0.2, 0.25) is 0 Å².